The van der Waals surface area contributed by atoms with E-state index < -0.39 is 5.97 Å². The van der Waals surface area contributed by atoms with Gasteiger partial charge in [-0.3, -0.25) is 4.79 Å². The Morgan fingerprint density at radius 3 is 2.27 bits per heavy atom. The lowest BCUT2D eigenvalue weighted by atomic mass is 9.88. The number of hydroxylamine groups is 1. The van der Waals surface area contributed by atoms with Gasteiger partial charge in [0.05, 0.1) is 17.2 Å². The van der Waals surface area contributed by atoms with Crippen molar-refractivity contribution in [2.75, 3.05) is 6.54 Å². The molecule has 0 aromatic heterocycles. The number of rotatable bonds is 4. The zero-order valence-corrected chi connectivity index (χ0v) is 14.4. The van der Waals surface area contributed by atoms with Gasteiger partial charge < -0.3 is 10.2 Å². The lowest BCUT2D eigenvalue weighted by Gasteiger charge is -2.10. The zero-order valence-electron chi connectivity index (χ0n) is 14.4. The Kier molecular flexibility index (Phi) is 4.59. The number of hydrogen-bond acceptors (Lipinski definition) is 5. The predicted octanol–water partition coefficient (Wildman–Crippen LogP) is 2.02. The van der Waals surface area contributed by atoms with E-state index in [1.165, 1.54) is 0 Å². The number of carbonyl (C=O) groups excluding carboxylic acids is 3. The van der Waals surface area contributed by atoms with E-state index in [-0.39, 0.29) is 23.7 Å². The minimum Gasteiger partial charge on any atom is -0.335 e. The molecule has 6 nitrogen and oxygen atoms in total. The van der Waals surface area contributed by atoms with Crippen molar-refractivity contribution < 1.29 is 19.2 Å². The van der Waals surface area contributed by atoms with Crippen LogP contribution >= 0.6 is 0 Å². The van der Waals surface area contributed by atoms with Crippen LogP contribution in [-0.2, 0) is 9.63 Å². The van der Waals surface area contributed by atoms with Crippen LogP contribution in [0.15, 0.2) is 36.4 Å². The molecule has 6 heteroatoms. The van der Waals surface area contributed by atoms with E-state index in [4.69, 9.17) is 4.84 Å². The molecule has 1 aromatic rings. The molecule has 3 aliphatic rings. The molecule has 1 amide bonds. The van der Waals surface area contributed by atoms with Gasteiger partial charge >= 0.3 is 11.8 Å². The fourth-order valence-corrected chi connectivity index (χ4v) is 4.27. The number of amides is 1. The maximum Gasteiger partial charge on any atom is 0.478 e. The monoisotopic (exact) mass is 354 g/mol. The molecule has 2 bridgehead atoms. The number of nitrogens with one attached hydrogen (secondary N) is 2. The van der Waals surface area contributed by atoms with Crippen molar-refractivity contribution in [2.24, 2.45) is 17.8 Å². The molecule has 1 aromatic carbocycles. The van der Waals surface area contributed by atoms with Crippen LogP contribution in [0.3, 0.4) is 0 Å². The summed E-state index contributed by atoms with van der Waals surface area (Å²) in [5.74, 6) is -0.0769. The van der Waals surface area contributed by atoms with Gasteiger partial charge in [0.2, 0.25) is 4.79 Å². The van der Waals surface area contributed by atoms with Gasteiger partial charge in [-0.1, -0.05) is 12.2 Å². The Hall–Kier alpha value is -2.47. The summed E-state index contributed by atoms with van der Waals surface area (Å²) in [6, 6.07) is 6.16. The van der Waals surface area contributed by atoms with E-state index >= 15 is 0 Å². The average molecular weight is 354 g/mol. The van der Waals surface area contributed by atoms with E-state index in [0.29, 0.717) is 23.0 Å². The molecule has 135 valence electrons. The standard InChI is InChI=1S/C20H22N2O4/c23-18(17-12-3-4-13(17)6-5-12)14-7-9-15(10-8-14)20(25)26-22-19(24)16-2-1-11-21-16/h3-4,7-10,12-13,16-17,21H,1-2,5-6,11H2,(H,22,24)/q+1/t12-,13+,16-,17?/m0/s1. The van der Waals surface area contributed by atoms with Crippen molar-refractivity contribution >= 4 is 17.7 Å². The summed E-state index contributed by atoms with van der Waals surface area (Å²) in [6.07, 6.45) is 8.14. The number of ketones is 1. The number of hydrogen-bond donors (Lipinski definition) is 2. The Morgan fingerprint density at radius 2 is 1.69 bits per heavy atom. The van der Waals surface area contributed by atoms with Crippen LogP contribution in [0.4, 0.5) is 0 Å². The van der Waals surface area contributed by atoms with Gasteiger partial charge in [0.25, 0.3) is 5.91 Å². The van der Waals surface area contributed by atoms with Gasteiger partial charge in [0, 0.05) is 0 Å². The smallest absolute Gasteiger partial charge is 0.335 e. The molecule has 26 heavy (non-hydrogen) atoms. The third kappa shape index (κ3) is 3.17. The van der Waals surface area contributed by atoms with Crippen LogP contribution in [0.2, 0.25) is 0 Å². The Morgan fingerprint density at radius 1 is 1.04 bits per heavy atom. The van der Waals surface area contributed by atoms with E-state index in [0.717, 1.165) is 32.2 Å². The summed E-state index contributed by atoms with van der Waals surface area (Å²) in [6.45, 7) is 0.791. The van der Waals surface area contributed by atoms with Crippen LogP contribution < -0.4 is 10.8 Å². The normalized spacial score (nSPS) is 28.9. The molecule has 1 aliphatic heterocycles. The Labute approximate surface area is 151 Å². The third-order valence-corrected chi connectivity index (χ3v) is 5.69. The van der Waals surface area contributed by atoms with Gasteiger partial charge in [-0.05, 0) is 68.3 Å². The Balaban J connectivity index is 1.34. The topological polar surface area (TPSA) is 87.3 Å². The molecule has 2 fully saturated rings. The summed E-state index contributed by atoms with van der Waals surface area (Å²) in [7, 11) is 0. The second-order valence-electron chi connectivity index (χ2n) is 7.26. The van der Waals surface area contributed by atoms with Gasteiger partial charge in [-0.25, -0.2) is 4.79 Å². The predicted molar refractivity (Wildman–Crippen MR) is 94.2 cm³/mol. The molecule has 1 heterocycles. The second kappa shape index (κ2) is 7.03. The summed E-state index contributed by atoms with van der Waals surface area (Å²) in [5, 5.41) is 3.03. The van der Waals surface area contributed by atoms with E-state index in [9.17, 15) is 14.4 Å². The first-order valence-corrected chi connectivity index (χ1v) is 9.20. The quantitative estimate of drug-likeness (QED) is 0.374. The van der Waals surface area contributed by atoms with Crippen LogP contribution in [-0.4, -0.2) is 30.2 Å². The molecular weight excluding hydrogens is 332 g/mol. The fraction of sp³-hybridized carbons (Fsp3) is 0.450. The molecule has 4 rings (SSSR count). The lowest BCUT2D eigenvalue weighted by molar-refractivity contribution is -0.131. The van der Waals surface area contributed by atoms with Crippen LogP contribution in [0.5, 0.6) is 0 Å². The lowest BCUT2D eigenvalue weighted by Crippen LogP contribution is -2.41. The van der Waals surface area contributed by atoms with E-state index in [1.54, 1.807) is 24.3 Å². The van der Waals surface area contributed by atoms with Crippen LogP contribution in [0, 0.1) is 17.8 Å². The minimum absolute atomic E-state index is 0.0472. The van der Waals surface area contributed by atoms with Crippen molar-refractivity contribution in [3.63, 3.8) is 0 Å². The number of fused-ring (bicyclic) bond motifs is 2. The first-order chi connectivity index (χ1) is 12.6. The second-order valence-corrected chi connectivity index (χ2v) is 7.26. The van der Waals surface area contributed by atoms with Gasteiger partial charge in [0.1, 0.15) is 5.92 Å². The van der Waals surface area contributed by atoms with Crippen molar-refractivity contribution in [3.8, 4) is 0 Å². The number of allylic oxidation sites excluding steroid dienone is 2. The molecule has 2 aliphatic carbocycles. The average Bonchev–Trinajstić information content (AvgIpc) is 3.42. The zero-order chi connectivity index (χ0) is 18.1. The first kappa shape index (κ1) is 17.0. The van der Waals surface area contributed by atoms with Crippen molar-refractivity contribution in [1.82, 2.24) is 10.8 Å². The summed E-state index contributed by atoms with van der Waals surface area (Å²) in [5.41, 5.74) is 3.12. The maximum absolute atomic E-state index is 12.7. The van der Waals surface area contributed by atoms with Crippen molar-refractivity contribution in [1.29, 1.82) is 0 Å². The van der Waals surface area contributed by atoms with Crippen LogP contribution in [0.25, 0.3) is 0 Å². The molecule has 2 N–H and O–H groups in total. The minimum atomic E-state index is -0.641. The molecule has 1 saturated carbocycles. The highest BCUT2D eigenvalue weighted by Crippen LogP contribution is 2.45. The highest BCUT2D eigenvalue weighted by atomic mass is 16.7. The van der Waals surface area contributed by atoms with Gasteiger partial charge in [-0.15, -0.1) is 0 Å². The first-order valence-electron chi connectivity index (χ1n) is 9.20. The number of benzene rings is 1. The maximum atomic E-state index is 12.7. The van der Waals surface area contributed by atoms with E-state index in [2.05, 4.69) is 22.9 Å². The van der Waals surface area contributed by atoms with Crippen molar-refractivity contribution in [2.45, 2.75) is 31.7 Å². The Bertz CT molecular complexity index is 736. The summed E-state index contributed by atoms with van der Waals surface area (Å²) in [4.78, 5) is 41.5. The third-order valence-electron chi connectivity index (χ3n) is 5.69. The molecule has 4 atom stereocenters. The SMILES string of the molecule is O=C(ONC(=O)[C@@H]1CCCN1)c1ccc(C(=[O+])C2[C@@H]3C=C[C@H]2CC3)cc1. The summed E-state index contributed by atoms with van der Waals surface area (Å²) < 4.78 is 0. The molecule has 1 unspecified atom stereocenters. The highest BCUT2D eigenvalue weighted by Gasteiger charge is 2.49. The van der Waals surface area contributed by atoms with Gasteiger partial charge in [-0.2, -0.15) is 5.48 Å². The van der Waals surface area contributed by atoms with Gasteiger partial charge in [0.15, 0.2) is 0 Å². The molecule has 0 spiro atoms. The molecular formula is C20H22N2O4+. The molecule has 1 saturated heterocycles. The summed E-state index contributed by atoms with van der Waals surface area (Å²) >= 11 is 0. The molecule has 1 radical (unpaired) electrons. The van der Waals surface area contributed by atoms with Crippen molar-refractivity contribution in [3.05, 3.63) is 47.5 Å². The largest absolute Gasteiger partial charge is 0.478 e. The number of carbonyl (C=O) groups is 3. The van der Waals surface area contributed by atoms with Crippen LogP contribution in [0.1, 0.15) is 46.4 Å². The highest BCUT2D eigenvalue weighted by molar-refractivity contribution is 6.00. The fourth-order valence-electron chi connectivity index (χ4n) is 4.27. The van der Waals surface area contributed by atoms with E-state index in [1.807, 2.05) is 0 Å². The number of Topliss-reactive ketones (excluding diaryl/α,β-unsaturated/α-hetero) is 1.